The first-order chi connectivity index (χ1) is 16.1. The normalized spacial score (nSPS) is 15.6. The Bertz CT molecular complexity index is 1560. The molecule has 7 heteroatoms. The summed E-state index contributed by atoms with van der Waals surface area (Å²) in [5, 5.41) is 5.20. The molecule has 6 rings (SSSR count). The number of para-hydroxylation sites is 2. The predicted octanol–water partition coefficient (Wildman–Crippen LogP) is 6.51. The number of benzene rings is 2. The third-order valence-electron chi connectivity index (χ3n) is 6.10. The van der Waals surface area contributed by atoms with Gasteiger partial charge in [-0.25, -0.2) is 4.98 Å². The molecule has 0 saturated heterocycles. The molecule has 0 spiro atoms. The van der Waals surface area contributed by atoms with Crippen LogP contribution in [-0.4, -0.2) is 10.9 Å². The Morgan fingerprint density at radius 3 is 2.82 bits per heavy atom. The quantitative estimate of drug-likeness (QED) is 0.325. The zero-order valence-electron chi connectivity index (χ0n) is 17.9. The molecule has 5 aromatic rings. The van der Waals surface area contributed by atoms with E-state index in [1.165, 1.54) is 16.5 Å². The number of nitrogens with zero attached hydrogens (tertiary/aromatic N) is 1. The minimum Gasteiger partial charge on any atom is -0.451 e. The number of thiophene rings is 1. The minimum atomic E-state index is -0.424. The number of amides is 1. The summed E-state index contributed by atoms with van der Waals surface area (Å²) in [7, 11) is 0. The van der Waals surface area contributed by atoms with E-state index in [-0.39, 0.29) is 11.2 Å². The molecule has 1 N–H and O–H groups in total. The molecule has 3 aromatic heterocycles. The summed E-state index contributed by atoms with van der Waals surface area (Å²) >= 11 is 3.26. The monoisotopic (exact) mass is 472 g/mol. The zero-order chi connectivity index (χ0) is 22.5. The second-order valence-corrected chi connectivity index (χ2v) is 10.6. The second-order valence-electron chi connectivity index (χ2n) is 8.47. The minimum absolute atomic E-state index is 0.00805. The standard InChI is InChI=1S/C26H20N2O3S2/c1-14-10-11-16-22(12-14)33-26(23(16)25-27-17-7-3-5-9-21(17)32-25)28-24(30)20-13-18(29)15-6-2-4-8-19(15)31-20/h2-9,13-14H,10-12H2,1H3,(H,28,30). The van der Waals surface area contributed by atoms with Crippen molar-refractivity contribution < 1.29 is 9.21 Å². The van der Waals surface area contributed by atoms with Crippen molar-refractivity contribution in [2.75, 3.05) is 5.32 Å². The van der Waals surface area contributed by atoms with Crippen LogP contribution in [-0.2, 0) is 12.8 Å². The molecule has 0 fully saturated rings. The van der Waals surface area contributed by atoms with Gasteiger partial charge in [0.25, 0.3) is 5.91 Å². The van der Waals surface area contributed by atoms with Crippen LogP contribution in [0.5, 0.6) is 0 Å². The van der Waals surface area contributed by atoms with Gasteiger partial charge in [-0.15, -0.1) is 22.7 Å². The number of thiazole rings is 1. The predicted molar refractivity (Wildman–Crippen MR) is 135 cm³/mol. The zero-order valence-corrected chi connectivity index (χ0v) is 19.5. The molecule has 164 valence electrons. The Labute approximate surface area is 197 Å². The van der Waals surface area contributed by atoms with Gasteiger partial charge in [-0.2, -0.15) is 0 Å². The summed E-state index contributed by atoms with van der Waals surface area (Å²) in [5.41, 5.74) is 3.43. The van der Waals surface area contributed by atoms with E-state index in [1.807, 2.05) is 18.2 Å². The van der Waals surface area contributed by atoms with Gasteiger partial charge in [0.2, 0.25) is 0 Å². The van der Waals surface area contributed by atoms with Gasteiger partial charge < -0.3 is 9.73 Å². The highest BCUT2D eigenvalue weighted by molar-refractivity contribution is 7.23. The lowest BCUT2D eigenvalue weighted by Crippen LogP contribution is -2.14. The first-order valence-corrected chi connectivity index (χ1v) is 12.5. The van der Waals surface area contributed by atoms with Gasteiger partial charge in [0, 0.05) is 16.5 Å². The molecule has 1 aliphatic rings. The van der Waals surface area contributed by atoms with Crippen LogP contribution in [0.15, 0.2) is 63.8 Å². The third kappa shape index (κ3) is 3.57. The van der Waals surface area contributed by atoms with Crippen molar-refractivity contribution in [3.63, 3.8) is 0 Å². The largest absolute Gasteiger partial charge is 0.451 e. The molecule has 1 unspecified atom stereocenters. The van der Waals surface area contributed by atoms with Crippen LogP contribution in [0.2, 0.25) is 0 Å². The summed E-state index contributed by atoms with van der Waals surface area (Å²) in [6.45, 7) is 2.27. The fourth-order valence-electron chi connectivity index (χ4n) is 4.42. The van der Waals surface area contributed by atoms with Gasteiger partial charge in [-0.3, -0.25) is 9.59 Å². The van der Waals surface area contributed by atoms with Gasteiger partial charge in [0.1, 0.15) is 15.6 Å². The van der Waals surface area contributed by atoms with Crippen molar-refractivity contribution in [1.29, 1.82) is 0 Å². The molecular weight excluding hydrogens is 452 g/mol. The van der Waals surface area contributed by atoms with Crippen molar-refractivity contribution in [2.24, 2.45) is 5.92 Å². The average Bonchev–Trinajstić information content (AvgIpc) is 3.39. The lowest BCUT2D eigenvalue weighted by Gasteiger charge is -2.18. The molecule has 0 bridgehead atoms. The van der Waals surface area contributed by atoms with Gasteiger partial charge in [-0.1, -0.05) is 31.2 Å². The lowest BCUT2D eigenvalue weighted by atomic mass is 9.88. The smallest absolute Gasteiger partial charge is 0.292 e. The lowest BCUT2D eigenvalue weighted by molar-refractivity contribution is 0.0997. The number of hydrogen-bond donors (Lipinski definition) is 1. The SMILES string of the molecule is CC1CCc2c(sc(NC(=O)c3cc(=O)c4ccccc4o3)c2-c2nc3ccccc3s2)C1. The Morgan fingerprint density at radius 2 is 1.94 bits per heavy atom. The van der Waals surface area contributed by atoms with Crippen molar-refractivity contribution in [3.05, 3.63) is 81.0 Å². The number of rotatable bonds is 3. The van der Waals surface area contributed by atoms with Crippen LogP contribution in [0.3, 0.4) is 0 Å². The second kappa shape index (κ2) is 7.93. The van der Waals surface area contributed by atoms with E-state index < -0.39 is 5.91 Å². The number of aromatic nitrogens is 1. The van der Waals surface area contributed by atoms with Crippen LogP contribution in [0.1, 0.15) is 34.3 Å². The maximum absolute atomic E-state index is 13.2. The molecule has 0 radical (unpaired) electrons. The molecule has 0 saturated carbocycles. The number of nitrogens with one attached hydrogen (secondary N) is 1. The third-order valence-corrected chi connectivity index (χ3v) is 8.33. The molecule has 1 atom stereocenters. The number of carbonyl (C=O) groups excluding carboxylic acids is 1. The number of hydrogen-bond acceptors (Lipinski definition) is 6. The van der Waals surface area contributed by atoms with Crippen LogP contribution >= 0.6 is 22.7 Å². The molecular formula is C26H20N2O3S2. The molecule has 33 heavy (non-hydrogen) atoms. The Kier molecular flexibility index (Phi) is 4.89. The molecule has 2 aromatic carbocycles. The molecule has 1 aliphatic carbocycles. The highest BCUT2D eigenvalue weighted by Gasteiger charge is 2.28. The van der Waals surface area contributed by atoms with E-state index in [2.05, 4.69) is 18.3 Å². The molecule has 3 heterocycles. The maximum Gasteiger partial charge on any atom is 0.292 e. The summed E-state index contributed by atoms with van der Waals surface area (Å²) < 4.78 is 6.89. The Morgan fingerprint density at radius 1 is 1.12 bits per heavy atom. The molecule has 0 aliphatic heterocycles. The van der Waals surface area contributed by atoms with E-state index in [0.717, 1.165) is 45.1 Å². The summed E-state index contributed by atoms with van der Waals surface area (Å²) in [5.74, 6) is 0.196. The van der Waals surface area contributed by atoms with Crippen LogP contribution < -0.4 is 10.7 Å². The Hall–Kier alpha value is -3.29. The van der Waals surface area contributed by atoms with E-state index in [0.29, 0.717) is 16.9 Å². The fourth-order valence-corrected chi connectivity index (χ4v) is 6.94. The van der Waals surface area contributed by atoms with E-state index in [1.54, 1.807) is 46.9 Å². The van der Waals surface area contributed by atoms with Gasteiger partial charge in [0.05, 0.1) is 15.6 Å². The first kappa shape index (κ1) is 20.3. The number of anilines is 1. The van der Waals surface area contributed by atoms with Crippen LogP contribution in [0.4, 0.5) is 5.00 Å². The maximum atomic E-state index is 13.2. The van der Waals surface area contributed by atoms with Crippen LogP contribution in [0.25, 0.3) is 31.8 Å². The van der Waals surface area contributed by atoms with Gasteiger partial charge in [-0.05, 0) is 55.0 Å². The Balaban J connectivity index is 1.44. The number of carbonyl (C=O) groups is 1. The molecule has 1 amide bonds. The fraction of sp³-hybridized carbons (Fsp3) is 0.192. The van der Waals surface area contributed by atoms with Gasteiger partial charge in [0.15, 0.2) is 11.2 Å². The van der Waals surface area contributed by atoms with Crippen molar-refractivity contribution in [3.8, 4) is 10.6 Å². The molecule has 5 nitrogen and oxygen atoms in total. The number of fused-ring (bicyclic) bond motifs is 3. The summed E-state index contributed by atoms with van der Waals surface area (Å²) in [6, 6.07) is 16.3. The highest BCUT2D eigenvalue weighted by atomic mass is 32.1. The van der Waals surface area contributed by atoms with Crippen molar-refractivity contribution in [1.82, 2.24) is 4.98 Å². The topological polar surface area (TPSA) is 72.2 Å². The van der Waals surface area contributed by atoms with E-state index in [9.17, 15) is 9.59 Å². The van der Waals surface area contributed by atoms with Crippen molar-refractivity contribution in [2.45, 2.75) is 26.2 Å². The van der Waals surface area contributed by atoms with E-state index in [4.69, 9.17) is 9.40 Å². The average molecular weight is 473 g/mol. The first-order valence-electron chi connectivity index (χ1n) is 10.9. The summed E-state index contributed by atoms with van der Waals surface area (Å²) in [6.07, 6.45) is 3.09. The summed E-state index contributed by atoms with van der Waals surface area (Å²) in [4.78, 5) is 31.9. The van der Waals surface area contributed by atoms with Crippen LogP contribution in [0, 0.1) is 5.92 Å². The van der Waals surface area contributed by atoms with Gasteiger partial charge >= 0.3 is 0 Å². The van der Waals surface area contributed by atoms with Crippen molar-refractivity contribution >= 4 is 54.8 Å². The highest BCUT2D eigenvalue weighted by Crippen LogP contribution is 2.47. The van der Waals surface area contributed by atoms with E-state index >= 15 is 0 Å².